The van der Waals surface area contributed by atoms with E-state index >= 15 is 0 Å². The molecule has 1 unspecified atom stereocenters. The molecule has 154 valence electrons. The summed E-state index contributed by atoms with van der Waals surface area (Å²) in [5.41, 5.74) is 0. The van der Waals surface area contributed by atoms with E-state index < -0.39 is 0 Å². The quantitative estimate of drug-likeness (QED) is 0.747. The number of anilines is 2. The molecule has 1 fully saturated rings. The van der Waals surface area contributed by atoms with Crippen LogP contribution in [0.5, 0.6) is 0 Å². The molecule has 0 spiro atoms. The van der Waals surface area contributed by atoms with Crippen molar-refractivity contribution in [1.82, 2.24) is 9.97 Å². The first kappa shape index (κ1) is 19.5. The number of rotatable bonds is 7. The lowest BCUT2D eigenvalue weighted by molar-refractivity contribution is 0.0877. The van der Waals surface area contributed by atoms with Crippen molar-refractivity contribution >= 4 is 17.9 Å². The van der Waals surface area contributed by atoms with Gasteiger partial charge in [-0.1, -0.05) is 6.08 Å². The molecule has 1 saturated heterocycles. The maximum atomic E-state index is 6.34. The van der Waals surface area contributed by atoms with Gasteiger partial charge in [-0.3, -0.25) is 4.98 Å². The van der Waals surface area contributed by atoms with E-state index in [0.29, 0.717) is 12.4 Å². The van der Waals surface area contributed by atoms with Crippen molar-refractivity contribution in [3.63, 3.8) is 0 Å². The van der Waals surface area contributed by atoms with Crippen LogP contribution in [0.1, 0.15) is 45.4 Å². The first-order valence-electron chi connectivity index (χ1n) is 10.6. The number of aliphatic imine (C=N–C) groups is 1. The van der Waals surface area contributed by atoms with Gasteiger partial charge >= 0.3 is 0 Å². The number of ether oxygens (including phenoxy) is 2. The molecule has 0 amide bonds. The summed E-state index contributed by atoms with van der Waals surface area (Å²) in [6, 6.07) is 0. The summed E-state index contributed by atoms with van der Waals surface area (Å²) in [5, 5.41) is 3.26. The third-order valence-electron chi connectivity index (χ3n) is 5.14. The van der Waals surface area contributed by atoms with E-state index in [2.05, 4.69) is 38.4 Å². The van der Waals surface area contributed by atoms with Crippen LogP contribution in [0.2, 0.25) is 0 Å². The van der Waals surface area contributed by atoms with Crippen molar-refractivity contribution in [3.8, 4) is 0 Å². The highest BCUT2D eigenvalue weighted by Crippen LogP contribution is 2.26. The third-order valence-corrected chi connectivity index (χ3v) is 5.14. The maximum Gasteiger partial charge on any atom is 0.157 e. The lowest BCUT2D eigenvalue weighted by Crippen LogP contribution is -2.40. The SMILES string of the molecule is CCOC1=C(OC2CCCN(c3cncc(NC4=CCCC=N4)n3)C2)C=CCC1. The number of allylic oxidation sites excluding steroid dienone is 4. The molecule has 3 aliphatic rings. The second-order valence-corrected chi connectivity index (χ2v) is 7.36. The Balaban J connectivity index is 1.42. The summed E-state index contributed by atoms with van der Waals surface area (Å²) in [4.78, 5) is 15.7. The highest BCUT2D eigenvalue weighted by atomic mass is 16.5. The standard InChI is InChI=1S/C22H29N5O2/c1-2-28-18-9-3-4-10-19(18)29-17-8-7-13-27(16-17)22-15-23-14-21(26-22)25-20-11-5-6-12-24-20/h4,10-12,14-15,17H,2-3,5-9,13,16H2,1H3,(H,25,26). The number of hydrogen-bond donors (Lipinski definition) is 1. The van der Waals surface area contributed by atoms with Gasteiger partial charge in [0.15, 0.2) is 11.6 Å². The summed E-state index contributed by atoms with van der Waals surface area (Å²) < 4.78 is 12.1. The second-order valence-electron chi connectivity index (χ2n) is 7.36. The fourth-order valence-corrected chi connectivity index (χ4v) is 3.76. The highest BCUT2D eigenvalue weighted by molar-refractivity contribution is 5.62. The largest absolute Gasteiger partial charge is 0.494 e. The minimum absolute atomic E-state index is 0.112. The third kappa shape index (κ3) is 5.16. The zero-order chi connectivity index (χ0) is 19.9. The monoisotopic (exact) mass is 395 g/mol. The average Bonchev–Trinajstić information content (AvgIpc) is 2.76. The van der Waals surface area contributed by atoms with Crippen molar-refractivity contribution < 1.29 is 9.47 Å². The highest BCUT2D eigenvalue weighted by Gasteiger charge is 2.24. The van der Waals surface area contributed by atoms with Crippen molar-refractivity contribution in [2.45, 2.75) is 51.6 Å². The van der Waals surface area contributed by atoms with Gasteiger partial charge in [0.1, 0.15) is 23.5 Å². The Labute approximate surface area is 172 Å². The van der Waals surface area contributed by atoms with Gasteiger partial charge < -0.3 is 19.7 Å². The number of aromatic nitrogens is 2. The lowest BCUT2D eigenvalue weighted by atomic mass is 10.1. The number of piperidine rings is 1. The van der Waals surface area contributed by atoms with Gasteiger partial charge in [0, 0.05) is 19.2 Å². The van der Waals surface area contributed by atoms with Gasteiger partial charge in [-0.05, 0) is 51.2 Å². The first-order chi connectivity index (χ1) is 14.3. The molecule has 1 aromatic rings. The second kappa shape index (κ2) is 9.58. The van der Waals surface area contributed by atoms with Crippen molar-refractivity contribution in [3.05, 3.63) is 48.0 Å². The summed E-state index contributed by atoms with van der Waals surface area (Å²) in [5.74, 6) is 4.27. The van der Waals surface area contributed by atoms with Crippen LogP contribution >= 0.6 is 0 Å². The summed E-state index contributed by atoms with van der Waals surface area (Å²) in [6.07, 6.45) is 17.9. The van der Waals surface area contributed by atoms with Crippen molar-refractivity contribution in [1.29, 1.82) is 0 Å². The van der Waals surface area contributed by atoms with E-state index in [1.54, 1.807) is 6.20 Å². The molecule has 2 aliphatic heterocycles. The number of nitrogens with one attached hydrogen (secondary N) is 1. The Morgan fingerprint density at radius 2 is 2.21 bits per heavy atom. The van der Waals surface area contributed by atoms with E-state index in [-0.39, 0.29) is 6.10 Å². The average molecular weight is 396 g/mol. The molecule has 1 N–H and O–H groups in total. The molecular formula is C22H29N5O2. The van der Waals surface area contributed by atoms with Gasteiger partial charge in [-0.25, -0.2) is 9.98 Å². The van der Waals surface area contributed by atoms with Crippen LogP contribution in [0.3, 0.4) is 0 Å². The smallest absolute Gasteiger partial charge is 0.157 e. The lowest BCUT2D eigenvalue weighted by Gasteiger charge is -2.34. The normalized spacial score (nSPS) is 21.8. The zero-order valence-electron chi connectivity index (χ0n) is 17.0. The molecular weight excluding hydrogens is 366 g/mol. The predicted molar refractivity (Wildman–Crippen MR) is 115 cm³/mol. The molecule has 0 aromatic carbocycles. The van der Waals surface area contributed by atoms with E-state index in [1.807, 2.05) is 19.3 Å². The fraction of sp³-hybridized carbons (Fsp3) is 0.500. The van der Waals surface area contributed by atoms with Crippen LogP contribution in [-0.2, 0) is 9.47 Å². The summed E-state index contributed by atoms with van der Waals surface area (Å²) in [6.45, 7) is 4.42. The van der Waals surface area contributed by atoms with Crippen LogP contribution in [0, 0.1) is 0 Å². The molecule has 1 aliphatic carbocycles. The minimum atomic E-state index is 0.112. The van der Waals surface area contributed by atoms with E-state index in [0.717, 1.165) is 74.8 Å². The summed E-state index contributed by atoms with van der Waals surface area (Å²) >= 11 is 0. The van der Waals surface area contributed by atoms with Gasteiger partial charge in [0.2, 0.25) is 0 Å². The maximum absolute atomic E-state index is 6.34. The van der Waals surface area contributed by atoms with Crippen molar-refractivity contribution in [2.75, 3.05) is 29.9 Å². The molecule has 0 saturated carbocycles. The Hall–Kier alpha value is -2.83. The first-order valence-corrected chi connectivity index (χ1v) is 10.6. The molecule has 1 atom stereocenters. The van der Waals surface area contributed by atoms with Crippen LogP contribution in [0.15, 0.2) is 53.0 Å². The Kier molecular flexibility index (Phi) is 6.44. The molecule has 1 aromatic heterocycles. The van der Waals surface area contributed by atoms with Crippen LogP contribution < -0.4 is 10.2 Å². The number of nitrogens with zero attached hydrogens (tertiary/aromatic N) is 4. The fourth-order valence-electron chi connectivity index (χ4n) is 3.76. The number of hydrogen-bond acceptors (Lipinski definition) is 7. The van der Waals surface area contributed by atoms with Crippen LogP contribution in [-0.4, -0.2) is 42.0 Å². The molecule has 0 bridgehead atoms. The van der Waals surface area contributed by atoms with Gasteiger partial charge in [-0.2, -0.15) is 0 Å². The molecule has 7 nitrogen and oxygen atoms in total. The van der Waals surface area contributed by atoms with Crippen LogP contribution in [0.4, 0.5) is 11.6 Å². The molecule has 0 radical (unpaired) electrons. The molecule has 7 heteroatoms. The topological polar surface area (TPSA) is 71.9 Å². The van der Waals surface area contributed by atoms with Crippen LogP contribution in [0.25, 0.3) is 0 Å². The predicted octanol–water partition coefficient (Wildman–Crippen LogP) is 4.18. The van der Waals surface area contributed by atoms with Gasteiger partial charge in [0.05, 0.1) is 25.5 Å². The Morgan fingerprint density at radius 1 is 1.24 bits per heavy atom. The van der Waals surface area contributed by atoms with Crippen molar-refractivity contribution in [2.24, 2.45) is 4.99 Å². The Bertz CT molecular complexity index is 830. The summed E-state index contributed by atoms with van der Waals surface area (Å²) in [7, 11) is 0. The van der Waals surface area contributed by atoms with Gasteiger partial charge in [0.25, 0.3) is 0 Å². The molecule has 29 heavy (non-hydrogen) atoms. The zero-order valence-corrected chi connectivity index (χ0v) is 17.0. The molecule has 3 heterocycles. The van der Waals surface area contributed by atoms with Gasteiger partial charge in [-0.15, -0.1) is 0 Å². The minimum Gasteiger partial charge on any atom is -0.494 e. The Morgan fingerprint density at radius 3 is 3.07 bits per heavy atom. The molecule has 4 rings (SSSR count). The van der Waals surface area contributed by atoms with E-state index in [1.165, 1.54) is 0 Å². The van der Waals surface area contributed by atoms with E-state index in [4.69, 9.17) is 14.5 Å². The van der Waals surface area contributed by atoms with E-state index in [9.17, 15) is 0 Å².